The van der Waals surface area contributed by atoms with Crippen LogP contribution in [-0.4, -0.2) is 4.98 Å². The minimum absolute atomic E-state index is 0.556. The lowest BCUT2D eigenvalue weighted by atomic mass is 10.1. The molecule has 0 spiro atoms. The molecule has 54 valence electrons. The van der Waals surface area contributed by atoms with Crippen LogP contribution < -0.4 is 0 Å². The summed E-state index contributed by atoms with van der Waals surface area (Å²) in [5.74, 6) is 0.556. The maximum atomic E-state index is 5.66. The SMILES string of the molecule is Cc1cncc(CCl)c1C. The fourth-order valence-electron chi connectivity index (χ4n) is 0.821. The third kappa shape index (κ3) is 1.29. The maximum absolute atomic E-state index is 5.66. The summed E-state index contributed by atoms with van der Waals surface area (Å²) in [5, 5.41) is 0. The van der Waals surface area contributed by atoms with Gasteiger partial charge < -0.3 is 0 Å². The van der Waals surface area contributed by atoms with E-state index in [1.807, 2.05) is 19.3 Å². The van der Waals surface area contributed by atoms with Crippen molar-refractivity contribution in [3.05, 3.63) is 29.1 Å². The van der Waals surface area contributed by atoms with Crippen molar-refractivity contribution >= 4 is 11.6 Å². The van der Waals surface area contributed by atoms with Gasteiger partial charge in [0, 0.05) is 18.3 Å². The Morgan fingerprint density at radius 3 is 2.60 bits per heavy atom. The first-order valence-electron chi connectivity index (χ1n) is 3.21. The van der Waals surface area contributed by atoms with Crippen molar-refractivity contribution in [3.8, 4) is 0 Å². The summed E-state index contributed by atoms with van der Waals surface area (Å²) in [5.41, 5.74) is 3.59. The number of hydrogen-bond acceptors (Lipinski definition) is 1. The maximum Gasteiger partial charge on any atom is 0.0492 e. The van der Waals surface area contributed by atoms with Gasteiger partial charge in [-0.05, 0) is 30.5 Å². The van der Waals surface area contributed by atoms with Crippen molar-refractivity contribution in [2.24, 2.45) is 0 Å². The van der Waals surface area contributed by atoms with Crippen LogP contribution in [0.4, 0.5) is 0 Å². The highest BCUT2D eigenvalue weighted by molar-refractivity contribution is 6.17. The Labute approximate surface area is 66.0 Å². The summed E-state index contributed by atoms with van der Waals surface area (Å²) in [7, 11) is 0. The van der Waals surface area contributed by atoms with Crippen LogP contribution in [-0.2, 0) is 5.88 Å². The molecule has 0 atom stereocenters. The van der Waals surface area contributed by atoms with Gasteiger partial charge in [0.05, 0.1) is 0 Å². The van der Waals surface area contributed by atoms with Crippen molar-refractivity contribution in [1.29, 1.82) is 0 Å². The van der Waals surface area contributed by atoms with Crippen LogP contribution in [0.25, 0.3) is 0 Å². The van der Waals surface area contributed by atoms with Crippen LogP contribution in [0, 0.1) is 13.8 Å². The van der Waals surface area contributed by atoms with Gasteiger partial charge in [0.1, 0.15) is 0 Å². The van der Waals surface area contributed by atoms with E-state index in [0.717, 1.165) is 5.56 Å². The van der Waals surface area contributed by atoms with E-state index in [1.165, 1.54) is 11.1 Å². The largest absolute Gasteiger partial charge is 0.264 e. The summed E-state index contributed by atoms with van der Waals surface area (Å²) in [6.07, 6.45) is 3.67. The monoisotopic (exact) mass is 155 g/mol. The van der Waals surface area contributed by atoms with E-state index in [4.69, 9.17) is 11.6 Å². The van der Waals surface area contributed by atoms with E-state index in [1.54, 1.807) is 0 Å². The molecule has 1 aromatic heterocycles. The third-order valence-corrected chi connectivity index (χ3v) is 2.00. The van der Waals surface area contributed by atoms with E-state index in [0.29, 0.717) is 5.88 Å². The molecule has 0 saturated heterocycles. The molecule has 2 heteroatoms. The number of nitrogens with zero attached hydrogens (tertiary/aromatic N) is 1. The first-order chi connectivity index (χ1) is 4.75. The van der Waals surface area contributed by atoms with E-state index in [-0.39, 0.29) is 0 Å². The van der Waals surface area contributed by atoms with Gasteiger partial charge in [0.25, 0.3) is 0 Å². The minimum atomic E-state index is 0.556. The lowest BCUT2D eigenvalue weighted by Gasteiger charge is -2.02. The zero-order chi connectivity index (χ0) is 7.56. The summed E-state index contributed by atoms with van der Waals surface area (Å²) in [6.45, 7) is 4.10. The van der Waals surface area contributed by atoms with E-state index < -0.39 is 0 Å². The Kier molecular flexibility index (Phi) is 2.28. The van der Waals surface area contributed by atoms with Crippen LogP contribution in [0.2, 0.25) is 0 Å². The van der Waals surface area contributed by atoms with Gasteiger partial charge >= 0.3 is 0 Å². The topological polar surface area (TPSA) is 12.9 Å². The summed E-state index contributed by atoms with van der Waals surface area (Å²) >= 11 is 5.66. The fraction of sp³-hybridized carbons (Fsp3) is 0.375. The van der Waals surface area contributed by atoms with E-state index in [9.17, 15) is 0 Å². The molecular weight excluding hydrogens is 146 g/mol. The highest BCUT2D eigenvalue weighted by Crippen LogP contribution is 2.12. The molecule has 0 aliphatic rings. The molecule has 0 radical (unpaired) electrons. The number of rotatable bonds is 1. The Balaban J connectivity index is 3.14. The van der Waals surface area contributed by atoms with Crippen LogP contribution in [0.15, 0.2) is 12.4 Å². The minimum Gasteiger partial charge on any atom is -0.264 e. The molecule has 0 saturated carbocycles. The molecule has 0 aliphatic carbocycles. The molecule has 1 aromatic rings. The second-order valence-electron chi connectivity index (χ2n) is 2.37. The lowest BCUT2D eigenvalue weighted by molar-refractivity contribution is 1.15. The third-order valence-electron chi connectivity index (χ3n) is 1.72. The number of alkyl halides is 1. The van der Waals surface area contributed by atoms with Gasteiger partial charge in [0.15, 0.2) is 0 Å². The normalized spacial score (nSPS) is 9.90. The molecule has 1 heterocycles. The summed E-state index contributed by atoms with van der Waals surface area (Å²) in [6, 6.07) is 0. The average Bonchev–Trinajstić information content (AvgIpc) is 1.95. The molecule has 0 fully saturated rings. The van der Waals surface area contributed by atoms with Crippen molar-refractivity contribution < 1.29 is 0 Å². The quantitative estimate of drug-likeness (QED) is 0.568. The van der Waals surface area contributed by atoms with Crippen molar-refractivity contribution in [3.63, 3.8) is 0 Å². The molecular formula is C8H10ClN. The van der Waals surface area contributed by atoms with E-state index >= 15 is 0 Å². The Bertz CT molecular complexity index is 233. The highest BCUT2D eigenvalue weighted by Gasteiger charge is 1.97. The number of halogens is 1. The van der Waals surface area contributed by atoms with Gasteiger partial charge in [0.2, 0.25) is 0 Å². The molecule has 0 N–H and O–H groups in total. The number of pyridine rings is 1. The van der Waals surface area contributed by atoms with Gasteiger partial charge in [-0.25, -0.2) is 0 Å². The highest BCUT2D eigenvalue weighted by atomic mass is 35.5. The first-order valence-corrected chi connectivity index (χ1v) is 3.75. The molecule has 0 aromatic carbocycles. The molecule has 0 aliphatic heterocycles. The molecule has 0 bridgehead atoms. The predicted molar refractivity (Wildman–Crippen MR) is 43.3 cm³/mol. The van der Waals surface area contributed by atoms with Gasteiger partial charge in [-0.1, -0.05) is 0 Å². The molecule has 10 heavy (non-hydrogen) atoms. The van der Waals surface area contributed by atoms with Gasteiger partial charge in [-0.3, -0.25) is 4.98 Å². The zero-order valence-corrected chi connectivity index (χ0v) is 6.94. The van der Waals surface area contributed by atoms with Crippen molar-refractivity contribution in [1.82, 2.24) is 4.98 Å². The van der Waals surface area contributed by atoms with Crippen LogP contribution in [0.1, 0.15) is 16.7 Å². The summed E-state index contributed by atoms with van der Waals surface area (Å²) < 4.78 is 0. The smallest absolute Gasteiger partial charge is 0.0492 e. The van der Waals surface area contributed by atoms with Crippen molar-refractivity contribution in [2.75, 3.05) is 0 Å². The van der Waals surface area contributed by atoms with Crippen LogP contribution >= 0.6 is 11.6 Å². The molecule has 0 amide bonds. The standard InChI is InChI=1S/C8H10ClN/c1-6-4-10-5-8(3-9)7(6)2/h4-5H,3H2,1-2H3. The Morgan fingerprint density at radius 1 is 1.40 bits per heavy atom. The van der Waals surface area contributed by atoms with Crippen molar-refractivity contribution in [2.45, 2.75) is 19.7 Å². The summed E-state index contributed by atoms with van der Waals surface area (Å²) in [4.78, 5) is 4.03. The second-order valence-corrected chi connectivity index (χ2v) is 2.64. The lowest BCUT2D eigenvalue weighted by Crippen LogP contribution is -1.89. The number of hydrogen-bond donors (Lipinski definition) is 0. The fourth-order valence-corrected chi connectivity index (χ4v) is 1.09. The van der Waals surface area contributed by atoms with E-state index in [2.05, 4.69) is 11.9 Å². The Hall–Kier alpha value is -0.560. The molecule has 1 nitrogen and oxygen atoms in total. The van der Waals surface area contributed by atoms with Gasteiger partial charge in [-0.2, -0.15) is 0 Å². The molecule has 1 rings (SSSR count). The zero-order valence-electron chi connectivity index (χ0n) is 6.19. The predicted octanol–water partition coefficient (Wildman–Crippen LogP) is 2.44. The van der Waals surface area contributed by atoms with Gasteiger partial charge in [-0.15, -0.1) is 11.6 Å². The van der Waals surface area contributed by atoms with Crippen LogP contribution in [0.5, 0.6) is 0 Å². The average molecular weight is 156 g/mol. The number of aromatic nitrogens is 1. The first kappa shape index (κ1) is 7.55. The molecule has 0 unspecified atom stereocenters. The van der Waals surface area contributed by atoms with Crippen LogP contribution in [0.3, 0.4) is 0 Å². The Morgan fingerprint density at radius 2 is 2.10 bits per heavy atom. The second kappa shape index (κ2) is 3.02. The number of aryl methyl sites for hydroxylation is 1.